The second-order valence-electron chi connectivity index (χ2n) is 34.5. The van der Waals surface area contributed by atoms with Gasteiger partial charge >= 0.3 is 17.9 Å². The molecule has 6 saturated heterocycles. The molecule has 0 aromatic carbocycles. The third kappa shape index (κ3) is 23.8. The average molecular weight is 1480 g/mol. The van der Waals surface area contributed by atoms with E-state index in [-0.39, 0.29) is 128 Å². The number of ketones is 3. The molecule has 27 atom stereocenters. The van der Waals surface area contributed by atoms with Crippen molar-refractivity contribution in [3.63, 3.8) is 0 Å². The van der Waals surface area contributed by atoms with Gasteiger partial charge in [0.15, 0.2) is 23.5 Å². The van der Waals surface area contributed by atoms with Crippen LogP contribution in [0.3, 0.4) is 0 Å². The van der Waals surface area contributed by atoms with Crippen molar-refractivity contribution in [1.29, 1.82) is 0 Å². The molecule has 0 aromatic rings. The van der Waals surface area contributed by atoms with Crippen LogP contribution in [0.15, 0.2) is 36.5 Å². The van der Waals surface area contributed by atoms with Crippen molar-refractivity contribution in [3.8, 4) is 0 Å². The lowest BCUT2D eigenvalue weighted by atomic mass is 9.72. The fourth-order valence-corrected chi connectivity index (χ4v) is 15.9. The van der Waals surface area contributed by atoms with Crippen LogP contribution in [0, 0.1) is 51.8 Å². The Bertz CT molecular complexity index is 2870. The second kappa shape index (κ2) is 38.7. The van der Waals surface area contributed by atoms with E-state index in [1.807, 2.05) is 104 Å². The summed E-state index contributed by atoms with van der Waals surface area (Å²) in [5.41, 5.74) is -1.54. The normalized spacial score (nSPS) is 35.9. The summed E-state index contributed by atoms with van der Waals surface area (Å²) in [4.78, 5) is 75.3. The maximum absolute atomic E-state index is 13.8. The molecule has 6 aliphatic heterocycles. The van der Waals surface area contributed by atoms with Gasteiger partial charge in [0.25, 0.3) is 0 Å². The van der Waals surface area contributed by atoms with Gasteiger partial charge in [0.2, 0.25) is 0 Å². The van der Waals surface area contributed by atoms with Crippen LogP contribution in [-0.4, -0.2) is 208 Å². The van der Waals surface area contributed by atoms with Crippen LogP contribution in [0.2, 0.25) is 0 Å². The van der Waals surface area contributed by atoms with Crippen LogP contribution in [0.5, 0.6) is 0 Å². The van der Waals surface area contributed by atoms with E-state index in [0.29, 0.717) is 64.2 Å². The minimum absolute atomic E-state index is 0.0546. The van der Waals surface area contributed by atoms with Gasteiger partial charge in [-0.25, -0.2) is 0 Å². The first kappa shape index (κ1) is 92.5. The van der Waals surface area contributed by atoms with E-state index in [1.165, 1.54) is 27.9 Å². The Morgan fingerprint density at radius 3 is 1.20 bits per heavy atom. The molecule has 6 heterocycles. The highest BCUT2D eigenvalue weighted by Gasteiger charge is 2.54. The molecule has 22 heteroatoms. The van der Waals surface area contributed by atoms with Gasteiger partial charge in [0.05, 0.1) is 85.5 Å². The molecule has 0 saturated carbocycles. The largest absolute Gasteiger partial charge is 0.463 e. The summed E-state index contributed by atoms with van der Waals surface area (Å²) in [5.74, 6) is -2.33. The molecule has 22 nitrogen and oxygen atoms in total. The molecule has 6 rings (SSSR count). The first-order chi connectivity index (χ1) is 47.9. The molecule has 600 valence electrons. The Hall–Kier alpha value is -3.88. The van der Waals surface area contributed by atoms with Crippen LogP contribution in [0.1, 0.15) is 249 Å². The molecule has 1 unspecified atom stereocenters. The monoisotopic (exact) mass is 1480 g/mol. The van der Waals surface area contributed by atoms with Gasteiger partial charge in [-0.05, 0) is 72.1 Å². The molecule has 0 aliphatic carbocycles. The van der Waals surface area contributed by atoms with Crippen LogP contribution < -0.4 is 0 Å². The van der Waals surface area contributed by atoms with Crippen LogP contribution in [0.4, 0.5) is 0 Å². The van der Waals surface area contributed by atoms with Crippen LogP contribution in [0.25, 0.3) is 0 Å². The van der Waals surface area contributed by atoms with E-state index >= 15 is 0 Å². The summed E-state index contributed by atoms with van der Waals surface area (Å²) in [6, 6.07) is 0. The number of carbonyl (C=O) groups is 6. The number of hydrogen-bond acceptors (Lipinski definition) is 22. The number of carbonyl (C=O) groups excluding carboxylic acids is 6. The topological polar surface area (TPSA) is 305 Å². The third-order valence-corrected chi connectivity index (χ3v) is 24.7. The molecule has 104 heavy (non-hydrogen) atoms. The van der Waals surface area contributed by atoms with Gasteiger partial charge in [-0.3, -0.25) is 28.8 Å². The second-order valence-corrected chi connectivity index (χ2v) is 34.5. The summed E-state index contributed by atoms with van der Waals surface area (Å²) in [5, 5.41) is 53.6. The Morgan fingerprint density at radius 1 is 0.490 bits per heavy atom. The minimum Gasteiger partial charge on any atom is -0.463 e. The lowest BCUT2D eigenvalue weighted by molar-refractivity contribution is -0.213. The molecule has 0 radical (unpaired) electrons. The Morgan fingerprint density at radius 2 is 0.846 bits per heavy atom. The van der Waals surface area contributed by atoms with Gasteiger partial charge in [-0.1, -0.05) is 133 Å². The zero-order valence-corrected chi connectivity index (χ0v) is 68.3. The summed E-state index contributed by atoms with van der Waals surface area (Å²) < 4.78 is 65.4. The number of Topliss-reactive ketones (excluding diaryl/α,β-unsaturated/α-hetero) is 3. The number of ether oxygens (including phenoxy) is 11. The lowest BCUT2D eigenvalue weighted by Gasteiger charge is -2.49. The summed E-state index contributed by atoms with van der Waals surface area (Å²) in [6.45, 7) is 55.4. The zero-order chi connectivity index (χ0) is 79.4. The molecule has 5 N–H and O–H groups in total. The highest BCUT2D eigenvalue weighted by molar-refractivity contribution is 5.87. The maximum atomic E-state index is 13.8. The van der Waals surface area contributed by atoms with Crippen molar-refractivity contribution in [3.05, 3.63) is 36.5 Å². The van der Waals surface area contributed by atoms with E-state index < -0.39 is 112 Å². The van der Waals surface area contributed by atoms with Gasteiger partial charge in [0.1, 0.15) is 41.7 Å². The predicted molar refractivity (Wildman–Crippen MR) is 397 cm³/mol. The third-order valence-electron chi connectivity index (χ3n) is 24.7. The number of methoxy groups -OCH3 is 2. The quantitative estimate of drug-likeness (QED) is 0.0264. The van der Waals surface area contributed by atoms with E-state index in [1.54, 1.807) is 27.9 Å². The molecule has 6 aliphatic rings. The Kier molecular flexibility index (Phi) is 34.4. The summed E-state index contributed by atoms with van der Waals surface area (Å²) in [6.07, 6.45) is -2.45. The molecule has 0 bridgehead atoms. The Balaban J connectivity index is 0.000000335. The average Bonchev–Trinajstić information content (AvgIpc) is 0.780. The molecule has 0 aromatic heterocycles. The standard InChI is InChI=1S/C31H50O10.C26H46O6.C25H44O6/c1-17(12-25(35)29(39-23(7)34)31(10)15-18(2)19(3)20(4)41-31)26-14-28(38-22(6)33)30(8,9)27(40-26)13-24(36-11)16-37-21(5)32;1-10-19(30-9)12-23-25(6,7)22(28)13-21(31-23)15(2)11-20(27)24(29)26(8)14-16(3)17(4)18(5)32-26;1-9-18(26)11-22-24(6,7)21(28)12-20(30-22)14(2)10-19(27)23(29)25(8)13-15(3)16(4)17(5)31-25/h17,19-20,24,26-29H,2,12-16H2,1,3-11H3;15,17-19,21-24,28-29H,3,10-14H2,1-2,4-9H3;14,16-18,20-23,26,28-29H,3,9-13H2,1-2,4-8H3/t17-,19-,20-,24+,26+,27-,28?,29-,31-;15-,17-,18-,19-,21+,22-,23-,24-,26-;14-,16-,17-,18-,20+,21-,22-,23-,25-/m111/s1. The van der Waals surface area contributed by atoms with Crippen molar-refractivity contribution in [2.24, 2.45) is 51.8 Å². The van der Waals surface area contributed by atoms with Gasteiger partial charge in [0, 0.05) is 146 Å². The van der Waals surface area contributed by atoms with E-state index in [0.717, 1.165) is 23.1 Å². The van der Waals surface area contributed by atoms with Crippen molar-refractivity contribution >= 4 is 35.3 Å². The fourth-order valence-electron chi connectivity index (χ4n) is 15.9. The van der Waals surface area contributed by atoms with E-state index in [2.05, 4.69) is 33.6 Å². The van der Waals surface area contributed by atoms with Gasteiger partial charge in [-0.2, -0.15) is 0 Å². The van der Waals surface area contributed by atoms with Gasteiger partial charge < -0.3 is 77.6 Å². The predicted octanol–water partition coefficient (Wildman–Crippen LogP) is 11.8. The molecule has 0 spiro atoms. The first-order valence-corrected chi connectivity index (χ1v) is 38.4. The number of aliphatic hydroxyl groups is 5. The first-order valence-electron chi connectivity index (χ1n) is 38.4. The molecule has 0 amide bonds. The van der Waals surface area contributed by atoms with Crippen LogP contribution >= 0.6 is 0 Å². The zero-order valence-electron chi connectivity index (χ0n) is 68.3. The highest BCUT2D eigenvalue weighted by atomic mass is 16.6. The number of rotatable bonds is 29. The van der Waals surface area contributed by atoms with Gasteiger partial charge in [-0.15, -0.1) is 0 Å². The van der Waals surface area contributed by atoms with Crippen molar-refractivity contribution < 1.29 is 106 Å². The van der Waals surface area contributed by atoms with E-state index in [9.17, 15) is 54.3 Å². The van der Waals surface area contributed by atoms with E-state index in [4.69, 9.17) is 52.1 Å². The maximum Gasteiger partial charge on any atom is 0.303 e. The minimum atomic E-state index is -1.25. The molecule has 6 fully saturated rings. The summed E-state index contributed by atoms with van der Waals surface area (Å²) >= 11 is 0. The molecular formula is C82H140O22. The highest BCUT2D eigenvalue weighted by Crippen LogP contribution is 2.48. The van der Waals surface area contributed by atoms with Crippen molar-refractivity contribution in [2.45, 2.75) is 376 Å². The van der Waals surface area contributed by atoms with Crippen LogP contribution in [-0.2, 0) is 80.9 Å². The van der Waals surface area contributed by atoms with Crippen molar-refractivity contribution in [2.75, 3.05) is 20.8 Å². The number of hydrogen-bond donors (Lipinski definition) is 5. The lowest BCUT2D eigenvalue weighted by Crippen LogP contribution is -2.56. The molecular weight excluding hydrogens is 1340 g/mol. The number of aliphatic hydroxyl groups excluding tert-OH is 5. The summed E-state index contributed by atoms with van der Waals surface area (Å²) in [7, 11) is 3.23. The van der Waals surface area contributed by atoms with Crippen molar-refractivity contribution in [1.82, 2.24) is 0 Å². The fraction of sp³-hybridized carbons (Fsp3) is 0.854. The SMILES string of the molecule is C=C1C[C@](C)([C@H](O)C(=O)C[C@@H](C)[C@@H]2C[C@@H](O)C(C)(C)[C@@H](C[C@@H](CC)OC)O2)O[C@H](C)[C@@H]1C.C=C1C[C@](C)([C@H](O)C(=O)C[C@@H](C)[C@@H]2C[C@@H](O)C(C)(C)[C@@H](C[C@H](O)CC)O2)O[C@H](C)[C@@H]1C.C=C1C[C@](C)([C@H](OC(C)=O)C(=O)C[C@@H](C)[C@@H]2CC(OC(C)=O)C(C)(C)[C@@H](C[C@@H](COC(C)=O)OC)O2)O[C@H](C)[C@@H]1C. The number of esters is 3. The Labute approximate surface area is 623 Å². The smallest absolute Gasteiger partial charge is 0.303 e.